The fourth-order valence-electron chi connectivity index (χ4n) is 2.91. The van der Waals surface area contributed by atoms with E-state index in [1.54, 1.807) is 0 Å². The lowest BCUT2D eigenvalue weighted by molar-refractivity contribution is -0.0478. The maximum absolute atomic E-state index is 11.0. The normalized spacial score (nSPS) is 42.0. The fraction of sp³-hybridized carbons (Fsp3) is 0.900. The molecule has 0 heterocycles. The molecule has 0 saturated heterocycles. The molecule has 3 nitrogen and oxygen atoms in total. The number of hydrogen-bond donors (Lipinski definition) is 0. The highest BCUT2D eigenvalue weighted by molar-refractivity contribution is 5.60. The van der Waals surface area contributed by atoms with Crippen molar-refractivity contribution in [1.29, 1.82) is 0 Å². The molecule has 0 aromatic carbocycles. The lowest BCUT2D eigenvalue weighted by atomic mass is 9.86. The van der Waals surface area contributed by atoms with Gasteiger partial charge in [0, 0.05) is 0 Å². The van der Waals surface area contributed by atoms with Gasteiger partial charge in [0.2, 0.25) is 0 Å². The van der Waals surface area contributed by atoms with E-state index in [9.17, 15) is 4.79 Å². The van der Waals surface area contributed by atoms with Crippen LogP contribution in [0.5, 0.6) is 0 Å². The summed E-state index contributed by atoms with van der Waals surface area (Å²) in [6.07, 6.45) is 4.23. The van der Waals surface area contributed by atoms with E-state index in [-0.39, 0.29) is 5.60 Å². The van der Waals surface area contributed by atoms with Crippen LogP contribution < -0.4 is 0 Å². The van der Waals surface area contributed by atoms with Gasteiger partial charge in [0.1, 0.15) is 5.60 Å². The Morgan fingerprint density at radius 3 is 2.69 bits per heavy atom. The highest BCUT2D eigenvalue weighted by atomic mass is 16.7. The summed E-state index contributed by atoms with van der Waals surface area (Å²) >= 11 is 0. The molecule has 2 bridgehead atoms. The van der Waals surface area contributed by atoms with Crippen molar-refractivity contribution in [3.63, 3.8) is 0 Å². The molecule has 0 aliphatic heterocycles. The molecule has 0 radical (unpaired) electrons. The molecule has 0 aromatic heterocycles. The topological polar surface area (TPSA) is 35.5 Å². The van der Waals surface area contributed by atoms with E-state index in [2.05, 4.69) is 4.74 Å². The second kappa shape index (κ2) is 2.89. The van der Waals surface area contributed by atoms with Crippen molar-refractivity contribution in [2.24, 2.45) is 11.8 Å². The average molecular weight is 184 g/mol. The Labute approximate surface area is 78.4 Å². The van der Waals surface area contributed by atoms with Crippen molar-refractivity contribution < 1.29 is 14.3 Å². The summed E-state index contributed by atoms with van der Waals surface area (Å²) in [6, 6.07) is 0. The number of methoxy groups -OCH3 is 1. The number of hydrogen-bond acceptors (Lipinski definition) is 3. The lowest BCUT2D eigenvalue weighted by Crippen LogP contribution is -2.37. The summed E-state index contributed by atoms with van der Waals surface area (Å²) in [5, 5.41) is 0. The highest BCUT2D eigenvalue weighted by Gasteiger charge is 2.50. The molecule has 2 fully saturated rings. The molecule has 0 N–H and O–H groups in total. The molecule has 2 rings (SSSR count). The molecule has 2 saturated carbocycles. The third kappa shape index (κ3) is 1.40. The van der Waals surface area contributed by atoms with Crippen molar-refractivity contribution in [3.8, 4) is 0 Å². The van der Waals surface area contributed by atoms with Gasteiger partial charge in [0.25, 0.3) is 0 Å². The van der Waals surface area contributed by atoms with E-state index in [1.165, 1.54) is 26.4 Å². The zero-order chi connectivity index (χ0) is 9.47. The average Bonchev–Trinajstić information content (AvgIpc) is 2.62. The van der Waals surface area contributed by atoms with E-state index in [0.717, 1.165) is 12.3 Å². The second-order valence-corrected chi connectivity index (χ2v) is 4.45. The van der Waals surface area contributed by atoms with Crippen LogP contribution in [0.4, 0.5) is 4.79 Å². The van der Waals surface area contributed by atoms with E-state index in [0.29, 0.717) is 5.92 Å². The molecule has 0 aromatic rings. The summed E-state index contributed by atoms with van der Waals surface area (Å²) < 4.78 is 9.84. The van der Waals surface area contributed by atoms with E-state index in [1.807, 2.05) is 6.92 Å². The first-order valence-corrected chi connectivity index (χ1v) is 4.91. The van der Waals surface area contributed by atoms with Crippen LogP contribution in [-0.4, -0.2) is 18.9 Å². The van der Waals surface area contributed by atoms with Gasteiger partial charge in [-0.2, -0.15) is 0 Å². The molecule has 0 amide bonds. The van der Waals surface area contributed by atoms with Crippen molar-refractivity contribution in [2.75, 3.05) is 7.11 Å². The molecule has 74 valence electrons. The van der Waals surface area contributed by atoms with Gasteiger partial charge in [-0.1, -0.05) is 0 Å². The molecule has 2 aliphatic carbocycles. The monoisotopic (exact) mass is 184 g/mol. The van der Waals surface area contributed by atoms with Crippen LogP contribution >= 0.6 is 0 Å². The molecular weight excluding hydrogens is 168 g/mol. The second-order valence-electron chi connectivity index (χ2n) is 4.45. The first-order chi connectivity index (χ1) is 6.14. The van der Waals surface area contributed by atoms with E-state index in [4.69, 9.17) is 4.74 Å². The molecule has 3 unspecified atom stereocenters. The smallest absolute Gasteiger partial charge is 0.438 e. The molecule has 3 atom stereocenters. The predicted octanol–water partition coefficient (Wildman–Crippen LogP) is 2.35. The van der Waals surface area contributed by atoms with Gasteiger partial charge in [0.15, 0.2) is 0 Å². The Hall–Kier alpha value is -0.730. The molecule has 2 aliphatic rings. The summed E-state index contributed by atoms with van der Waals surface area (Å²) in [5.41, 5.74) is -0.240. The highest BCUT2D eigenvalue weighted by Crippen LogP contribution is 2.52. The number of carbonyl (C=O) groups is 1. The lowest BCUT2D eigenvalue weighted by Gasteiger charge is -2.32. The van der Waals surface area contributed by atoms with Gasteiger partial charge in [0.05, 0.1) is 7.11 Å². The van der Waals surface area contributed by atoms with Crippen LogP contribution in [0.3, 0.4) is 0 Å². The van der Waals surface area contributed by atoms with Gasteiger partial charge < -0.3 is 9.47 Å². The third-order valence-electron chi connectivity index (χ3n) is 3.58. The SMILES string of the molecule is COC(=O)OC1(C)CC2CCC1C2. The number of carbonyl (C=O) groups excluding carboxylic acids is 1. The van der Waals surface area contributed by atoms with Crippen molar-refractivity contribution >= 4 is 6.16 Å². The number of ether oxygens (including phenoxy) is 2. The van der Waals surface area contributed by atoms with Gasteiger partial charge in [-0.25, -0.2) is 4.79 Å². The maximum atomic E-state index is 11.0. The molecule has 13 heavy (non-hydrogen) atoms. The van der Waals surface area contributed by atoms with Crippen LogP contribution in [0.2, 0.25) is 0 Å². The zero-order valence-corrected chi connectivity index (χ0v) is 8.21. The minimum atomic E-state index is -0.532. The molecule has 3 heteroatoms. The van der Waals surface area contributed by atoms with Crippen LogP contribution in [-0.2, 0) is 9.47 Å². The first-order valence-electron chi connectivity index (χ1n) is 4.91. The molecular formula is C10H16O3. The van der Waals surface area contributed by atoms with Crippen molar-refractivity contribution in [1.82, 2.24) is 0 Å². The van der Waals surface area contributed by atoms with Gasteiger partial charge in [-0.3, -0.25) is 0 Å². The fourth-order valence-corrected chi connectivity index (χ4v) is 2.91. The minimum Gasteiger partial charge on any atom is -0.438 e. The largest absolute Gasteiger partial charge is 0.508 e. The van der Waals surface area contributed by atoms with Crippen molar-refractivity contribution in [2.45, 2.75) is 38.2 Å². The van der Waals surface area contributed by atoms with Gasteiger partial charge >= 0.3 is 6.16 Å². The Kier molecular flexibility index (Phi) is 1.97. The standard InChI is InChI=1S/C10H16O3/c1-10(13-9(11)12-2)6-7-3-4-8(10)5-7/h7-8H,3-6H2,1-2H3. The predicted molar refractivity (Wildman–Crippen MR) is 47.3 cm³/mol. The van der Waals surface area contributed by atoms with Crippen LogP contribution in [0, 0.1) is 11.8 Å². The van der Waals surface area contributed by atoms with E-state index >= 15 is 0 Å². The number of fused-ring (bicyclic) bond motifs is 2. The summed E-state index contributed by atoms with van der Waals surface area (Å²) in [5.74, 6) is 1.34. The van der Waals surface area contributed by atoms with Gasteiger partial charge in [-0.05, 0) is 44.4 Å². The Balaban J connectivity index is 2.01. The van der Waals surface area contributed by atoms with Crippen LogP contribution in [0.1, 0.15) is 32.6 Å². The summed E-state index contributed by atoms with van der Waals surface area (Å²) in [7, 11) is 1.36. The third-order valence-corrected chi connectivity index (χ3v) is 3.58. The van der Waals surface area contributed by atoms with Crippen LogP contribution in [0.15, 0.2) is 0 Å². The van der Waals surface area contributed by atoms with Gasteiger partial charge in [-0.15, -0.1) is 0 Å². The molecule has 0 spiro atoms. The Morgan fingerprint density at radius 1 is 1.46 bits per heavy atom. The van der Waals surface area contributed by atoms with Crippen molar-refractivity contribution in [3.05, 3.63) is 0 Å². The maximum Gasteiger partial charge on any atom is 0.508 e. The number of rotatable bonds is 1. The van der Waals surface area contributed by atoms with E-state index < -0.39 is 6.16 Å². The Bertz CT molecular complexity index is 226. The zero-order valence-electron chi connectivity index (χ0n) is 8.21. The first kappa shape index (κ1) is 8.85. The summed E-state index contributed by atoms with van der Waals surface area (Å²) in [6.45, 7) is 2.04. The minimum absolute atomic E-state index is 0.240. The van der Waals surface area contributed by atoms with Crippen LogP contribution in [0.25, 0.3) is 0 Å². The quantitative estimate of drug-likeness (QED) is 0.587. The Morgan fingerprint density at radius 2 is 2.23 bits per heavy atom. The summed E-state index contributed by atoms with van der Waals surface area (Å²) in [4.78, 5) is 11.0.